The molecule has 1 aliphatic heterocycles. The number of thioether (sulfide) groups is 1. The van der Waals surface area contributed by atoms with Crippen LogP contribution < -0.4 is 5.32 Å². The van der Waals surface area contributed by atoms with E-state index in [1.54, 1.807) is 35.8 Å². The first-order chi connectivity index (χ1) is 15.6. The summed E-state index contributed by atoms with van der Waals surface area (Å²) in [6.45, 7) is 2.05. The van der Waals surface area contributed by atoms with Gasteiger partial charge in [0.05, 0.1) is 28.9 Å². The van der Waals surface area contributed by atoms with Gasteiger partial charge in [-0.2, -0.15) is 5.26 Å². The molecule has 5 nitrogen and oxygen atoms in total. The summed E-state index contributed by atoms with van der Waals surface area (Å²) in [6.07, 6.45) is 4.96. The zero-order valence-corrected chi connectivity index (χ0v) is 19.6. The Hall–Kier alpha value is -2.80. The van der Waals surface area contributed by atoms with Gasteiger partial charge in [0.15, 0.2) is 0 Å². The molecule has 0 radical (unpaired) electrons. The van der Waals surface area contributed by atoms with Gasteiger partial charge in [0, 0.05) is 22.7 Å². The Morgan fingerprint density at radius 1 is 1.28 bits per heavy atom. The Morgan fingerprint density at radius 2 is 2.06 bits per heavy atom. The Morgan fingerprint density at radius 3 is 2.72 bits per heavy atom. The van der Waals surface area contributed by atoms with Crippen molar-refractivity contribution in [3.05, 3.63) is 86.5 Å². The van der Waals surface area contributed by atoms with E-state index >= 15 is 0 Å². The summed E-state index contributed by atoms with van der Waals surface area (Å²) in [5.74, 6) is 0.571. The van der Waals surface area contributed by atoms with Crippen molar-refractivity contribution in [2.24, 2.45) is 0 Å². The molecular weight excluding hydrogens is 463 g/mol. The summed E-state index contributed by atoms with van der Waals surface area (Å²) in [5, 5.41) is 24.2. The van der Waals surface area contributed by atoms with E-state index in [0.29, 0.717) is 28.5 Å². The molecule has 1 unspecified atom stereocenters. The number of aromatic nitrogens is 2. The van der Waals surface area contributed by atoms with E-state index in [1.165, 1.54) is 23.9 Å². The highest BCUT2D eigenvalue weighted by atomic mass is 32.2. The monoisotopic (exact) mass is 482 g/mol. The fraction of sp³-hybridized carbons (Fsp3) is 0.217. The molecule has 1 N–H and O–H groups in total. The van der Waals surface area contributed by atoms with E-state index in [4.69, 9.17) is 16.6 Å². The van der Waals surface area contributed by atoms with Crippen LogP contribution >= 0.6 is 35.3 Å². The van der Waals surface area contributed by atoms with Gasteiger partial charge in [0.2, 0.25) is 0 Å². The first-order valence-electron chi connectivity index (χ1n) is 9.95. The number of allylic oxidation sites excluding steroid dienone is 2. The fourth-order valence-corrected chi connectivity index (χ4v) is 5.37. The van der Waals surface area contributed by atoms with Gasteiger partial charge in [0.25, 0.3) is 0 Å². The van der Waals surface area contributed by atoms with Crippen molar-refractivity contribution in [1.82, 2.24) is 15.5 Å². The number of hydrogen-bond donors (Lipinski definition) is 1. The van der Waals surface area contributed by atoms with Crippen molar-refractivity contribution in [2.45, 2.75) is 25.7 Å². The number of thiocarbonyl (C=S) groups is 1. The second-order valence-corrected chi connectivity index (χ2v) is 9.72. The van der Waals surface area contributed by atoms with Crippen LogP contribution in [0.3, 0.4) is 0 Å². The number of benzene rings is 1. The van der Waals surface area contributed by atoms with Crippen molar-refractivity contribution >= 4 is 45.9 Å². The highest BCUT2D eigenvalue weighted by Crippen LogP contribution is 2.38. The van der Waals surface area contributed by atoms with Crippen molar-refractivity contribution in [2.75, 3.05) is 5.75 Å². The van der Waals surface area contributed by atoms with Crippen LogP contribution in [0.1, 0.15) is 34.2 Å². The molecule has 0 fully saturated rings. The highest BCUT2D eigenvalue weighted by molar-refractivity contribution is 8.04. The lowest BCUT2D eigenvalue weighted by molar-refractivity contribution is 0.505. The average molecular weight is 483 g/mol. The topological polar surface area (TPSA) is 74.7 Å². The number of furan rings is 1. The summed E-state index contributed by atoms with van der Waals surface area (Å²) >= 11 is 8.63. The minimum atomic E-state index is -0.345. The summed E-state index contributed by atoms with van der Waals surface area (Å²) < 4.78 is 19.0. The fourth-order valence-electron chi connectivity index (χ4n) is 3.22. The lowest BCUT2D eigenvalue weighted by atomic mass is 9.92. The van der Waals surface area contributed by atoms with Crippen LogP contribution in [0.25, 0.3) is 5.70 Å². The highest BCUT2D eigenvalue weighted by Gasteiger charge is 2.27. The molecule has 3 aromatic rings. The van der Waals surface area contributed by atoms with Crippen molar-refractivity contribution < 1.29 is 8.81 Å². The number of halogens is 1. The standard InChI is InChI=1S/C23H19FN4OS3/c1-2-21-27-28-22(32-21)10-16(30)13-31-23-18(12-25)17(20-4-3-9-29-20)11-19(26-23)14-5-7-15(24)8-6-14/h3-9,11,17,26H,2,10,13H2,1H3. The third-order valence-corrected chi connectivity index (χ3v) is 7.44. The van der Waals surface area contributed by atoms with Gasteiger partial charge in [-0.1, -0.05) is 31.3 Å². The summed E-state index contributed by atoms with van der Waals surface area (Å²) in [4.78, 5) is 0.827. The molecule has 9 heteroatoms. The molecule has 0 saturated heterocycles. The third-order valence-electron chi connectivity index (χ3n) is 4.80. The Balaban J connectivity index is 1.56. The summed E-state index contributed by atoms with van der Waals surface area (Å²) in [7, 11) is 0. The number of nitrogens with one attached hydrogen (secondary N) is 1. The second kappa shape index (κ2) is 10.2. The minimum Gasteiger partial charge on any atom is -0.468 e. The summed E-state index contributed by atoms with van der Waals surface area (Å²) in [5.41, 5.74) is 2.17. The largest absolute Gasteiger partial charge is 0.468 e. The smallest absolute Gasteiger partial charge is 0.123 e. The first-order valence-corrected chi connectivity index (χ1v) is 12.2. The second-order valence-electron chi connectivity index (χ2n) is 7.01. The molecule has 1 aromatic carbocycles. The van der Waals surface area contributed by atoms with Crippen LogP contribution in [0.4, 0.5) is 4.39 Å². The number of rotatable bonds is 8. The maximum Gasteiger partial charge on any atom is 0.123 e. The quantitative estimate of drug-likeness (QED) is 0.416. The normalized spacial score (nSPS) is 15.8. The molecule has 0 saturated carbocycles. The van der Waals surface area contributed by atoms with E-state index in [0.717, 1.165) is 32.6 Å². The molecule has 0 spiro atoms. The van der Waals surface area contributed by atoms with E-state index in [9.17, 15) is 9.65 Å². The van der Waals surface area contributed by atoms with Gasteiger partial charge >= 0.3 is 0 Å². The molecule has 4 rings (SSSR count). The van der Waals surface area contributed by atoms with Crippen molar-refractivity contribution in [3.8, 4) is 6.07 Å². The van der Waals surface area contributed by atoms with E-state index in [-0.39, 0.29) is 11.7 Å². The molecule has 2 aromatic heterocycles. The maximum absolute atomic E-state index is 13.4. The third kappa shape index (κ3) is 5.15. The van der Waals surface area contributed by atoms with E-state index in [1.807, 2.05) is 19.1 Å². The van der Waals surface area contributed by atoms with Crippen LogP contribution in [0.15, 0.2) is 63.8 Å². The molecule has 162 valence electrons. The molecule has 1 aliphatic rings. The van der Waals surface area contributed by atoms with Gasteiger partial charge in [-0.15, -0.1) is 33.3 Å². The van der Waals surface area contributed by atoms with Crippen LogP contribution in [0.5, 0.6) is 0 Å². The predicted molar refractivity (Wildman–Crippen MR) is 130 cm³/mol. The number of nitriles is 1. The van der Waals surface area contributed by atoms with Crippen LogP contribution in [-0.2, 0) is 12.8 Å². The Kier molecular flexibility index (Phi) is 7.15. The Labute approximate surface area is 199 Å². The van der Waals surface area contributed by atoms with Crippen LogP contribution in [-0.4, -0.2) is 20.8 Å². The lowest BCUT2D eigenvalue weighted by Crippen LogP contribution is -2.21. The van der Waals surface area contributed by atoms with Gasteiger partial charge < -0.3 is 9.73 Å². The molecule has 0 amide bonds. The SMILES string of the molecule is CCc1nnc(CC(=S)CSC2=C(C#N)C(c3ccco3)C=C(c3ccc(F)cc3)N2)s1. The van der Waals surface area contributed by atoms with Gasteiger partial charge in [-0.3, -0.25) is 0 Å². The van der Waals surface area contributed by atoms with Gasteiger partial charge in [-0.05, 0) is 42.3 Å². The van der Waals surface area contributed by atoms with Crippen molar-refractivity contribution in [1.29, 1.82) is 5.26 Å². The maximum atomic E-state index is 13.4. The van der Waals surface area contributed by atoms with Crippen LogP contribution in [0, 0.1) is 17.1 Å². The van der Waals surface area contributed by atoms with E-state index < -0.39 is 0 Å². The lowest BCUT2D eigenvalue weighted by Gasteiger charge is -2.25. The van der Waals surface area contributed by atoms with Crippen molar-refractivity contribution in [3.63, 3.8) is 0 Å². The molecule has 0 bridgehead atoms. The Bertz CT molecular complexity index is 1210. The zero-order valence-electron chi connectivity index (χ0n) is 17.2. The molecule has 1 atom stereocenters. The van der Waals surface area contributed by atoms with Gasteiger partial charge in [-0.25, -0.2) is 4.39 Å². The minimum absolute atomic E-state index is 0.302. The van der Waals surface area contributed by atoms with Gasteiger partial charge in [0.1, 0.15) is 21.6 Å². The predicted octanol–water partition coefficient (Wildman–Crippen LogP) is 5.64. The number of dihydropyridines is 1. The average Bonchev–Trinajstić information content (AvgIpc) is 3.50. The molecule has 32 heavy (non-hydrogen) atoms. The number of hydrogen-bond acceptors (Lipinski definition) is 8. The molecule has 0 aliphatic carbocycles. The number of aryl methyl sites for hydroxylation is 1. The molecular formula is C23H19FN4OS3. The summed E-state index contributed by atoms with van der Waals surface area (Å²) in [6, 6.07) is 12.2. The van der Waals surface area contributed by atoms with E-state index in [2.05, 4.69) is 21.6 Å². The molecule has 3 heterocycles. The van der Waals surface area contributed by atoms with Crippen LogP contribution in [0.2, 0.25) is 0 Å². The number of nitrogens with zero attached hydrogens (tertiary/aromatic N) is 3. The zero-order chi connectivity index (χ0) is 22.5. The first kappa shape index (κ1) is 22.4.